The zero-order chi connectivity index (χ0) is 24.9. The summed E-state index contributed by atoms with van der Waals surface area (Å²) in [6.45, 7) is 6.69. The van der Waals surface area contributed by atoms with Gasteiger partial charge in [0.15, 0.2) is 11.9 Å². The molecule has 0 radical (unpaired) electrons. The number of para-hydroxylation sites is 1. The standard InChI is InChI=1S/C30H34N4OS/c1-20(2)10-9-13-22-16-17-24(21(3)18-22)28-31-26-15-8-7-14-25(26)27-29(35-28)32-30(34-33-27)36-19-23-11-5-4-6-12-23/h4-8,10-12,14-16,21,24,28,31H,9,13,17-19H2,1-3H3/t21-,24-,28+/m0/s1. The van der Waals surface area contributed by atoms with Crippen molar-refractivity contribution in [2.24, 2.45) is 11.8 Å². The number of rotatable bonds is 7. The van der Waals surface area contributed by atoms with E-state index in [9.17, 15) is 0 Å². The first kappa shape index (κ1) is 24.6. The minimum atomic E-state index is -0.179. The fraction of sp³-hybridized carbons (Fsp3) is 0.367. The lowest BCUT2D eigenvalue weighted by molar-refractivity contribution is 0.114. The van der Waals surface area contributed by atoms with E-state index in [2.05, 4.69) is 84.8 Å². The summed E-state index contributed by atoms with van der Waals surface area (Å²) >= 11 is 1.58. The van der Waals surface area contributed by atoms with Crippen LogP contribution in [0.25, 0.3) is 11.3 Å². The van der Waals surface area contributed by atoms with Gasteiger partial charge >= 0.3 is 0 Å². The van der Waals surface area contributed by atoms with E-state index in [1.54, 1.807) is 17.3 Å². The van der Waals surface area contributed by atoms with Crippen molar-refractivity contribution >= 4 is 17.4 Å². The molecule has 0 bridgehead atoms. The molecule has 3 aromatic rings. The average Bonchev–Trinajstić information content (AvgIpc) is 3.04. The number of ether oxygens (including phenoxy) is 1. The van der Waals surface area contributed by atoms with Crippen LogP contribution in [0.5, 0.6) is 5.88 Å². The van der Waals surface area contributed by atoms with E-state index in [1.165, 1.54) is 11.1 Å². The highest BCUT2D eigenvalue weighted by Crippen LogP contribution is 2.41. The molecule has 1 aromatic heterocycles. The first-order chi connectivity index (χ1) is 17.6. The van der Waals surface area contributed by atoms with E-state index >= 15 is 0 Å². The van der Waals surface area contributed by atoms with Gasteiger partial charge in [0, 0.05) is 22.9 Å². The lowest BCUT2D eigenvalue weighted by Crippen LogP contribution is -2.39. The molecule has 2 aromatic carbocycles. The van der Waals surface area contributed by atoms with Crippen molar-refractivity contribution in [3.63, 3.8) is 0 Å². The molecule has 0 amide bonds. The summed E-state index contributed by atoms with van der Waals surface area (Å²) in [4.78, 5) is 4.83. The molecule has 1 aliphatic carbocycles. The SMILES string of the molecule is CC(C)=CCCC1=CC[C@H]([C@@H]2Nc3ccccc3-c3nnc(SCc4ccccc4)nc3O2)[C@@H](C)C1. The van der Waals surface area contributed by atoms with E-state index < -0.39 is 0 Å². The van der Waals surface area contributed by atoms with Gasteiger partial charge in [-0.3, -0.25) is 0 Å². The second-order valence-corrected chi connectivity index (χ2v) is 11.0. The van der Waals surface area contributed by atoms with Crippen molar-refractivity contribution in [1.29, 1.82) is 0 Å². The van der Waals surface area contributed by atoms with Crippen LogP contribution in [0.15, 0.2) is 83.1 Å². The number of thioether (sulfide) groups is 1. The van der Waals surface area contributed by atoms with Gasteiger partial charge in [0.2, 0.25) is 11.0 Å². The fourth-order valence-electron chi connectivity index (χ4n) is 5.00. The van der Waals surface area contributed by atoms with Crippen LogP contribution in [0.2, 0.25) is 0 Å². The molecule has 0 saturated carbocycles. The summed E-state index contributed by atoms with van der Waals surface area (Å²) in [5.41, 5.74) is 6.89. The Morgan fingerprint density at radius 1 is 1.08 bits per heavy atom. The molecular formula is C30H34N4OS. The zero-order valence-corrected chi connectivity index (χ0v) is 22.1. The molecule has 0 saturated heterocycles. The summed E-state index contributed by atoms with van der Waals surface area (Å²) in [6.07, 6.45) is 8.96. The highest BCUT2D eigenvalue weighted by Gasteiger charge is 2.34. The van der Waals surface area contributed by atoms with Crippen LogP contribution in [0.1, 0.15) is 52.0 Å². The molecular weight excluding hydrogens is 464 g/mol. The van der Waals surface area contributed by atoms with Crippen LogP contribution in [-0.4, -0.2) is 21.4 Å². The molecule has 0 spiro atoms. The molecule has 0 fully saturated rings. The Morgan fingerprint density at radius 3 is 2.69 bits per heavy atom. The maximum Gasteiger partial charge on any atom is 0.247 e. The number of benzene rings is 2. The first-order valence-corrected chi connectivity index (χ1v) is 13.8. The average molecular weight is 499 g/mol. The van der Waals surface area contributed by atoms with Crippen LogP contribution < -0.4 is 10.1 Å². The number of nitrogens with one attached hydrogen (secondary N) is 1. The van der Waals surface area contributed by atoms with Gasteiger partial charge in [-0.25, -0.2) is 0 Å². The molecule has 1 N–H and O–H groups in total. The molecule has 5 rings (SSSR count). The van der Waals surface area contributed by atoms with Crippen molar-refractivity contribution < 1.29 is 4.74 Å². The number of nitrogens with zero attached hydrogens (tertiary/aromatic N) is 3. The number of aromatic nitrogens is 3. The topological polar surface area (TPSA) is 59.9 Å². The molecule has 5 nitrogen and oxygen atoms in total. The third kappa shape index (κ3) is 5.81. The first-order valence-electron chi connectivity index (χ1n) is 12.8. The van der Waals surface area contributed by atoms with Crippen LogP contribution >= 0.6 is 11.8 Å². The monoisotopic (exact) mass is 498 g/mol. The Hall–Kier alpha value is -3.12. The predicted molar refractivity (Wildman–Crippen MR) is 148 cm³/mol. The number of hydrogen-bond donors (Lipinski definition) is 1. The van der Waals surface area contributed by atoms with Crippen molar-refractivity contribution in [2.45, 2.75) is 63.6 Å². The number of allylic oxidation sites excluding steroid dienone is 4. The Bertz CT molecular complexity index is 1250. The number of anilines is 1. The summed E-state index contributed by atoms with van der Waals surface area (Å²) in [5.74, 6) is 2.20. The molecule has 6 heteroatoms. The highest BCUT2D eigenvalue weighted by molar-refractivity contribution is 7.98. The Balaban J connectivity index is 1.37. The number of hydrogen-bond acceptors (Lipinski definition) is 6. The van der Waals surface area contributed by atoms with Gasteiger partial charge in [0.25, 0.3) is 0 Å². The molecule has 1 aliphatic heterocycles. The Morgan fingerprint density at radius 2 is 1.89 bits per heavy atom. The Kier molecular flexibility index (Phi) is 7.71. The summed E-state index contributed by atoms with van der Waals surface area (Å²) in [7, 11) is 0. The lowest BCUT2D eigenvalue weighted by atomic mass is 9.78. The zero-order valence-electron chi connectivity index (χ0n) is 21.3. The van der Waals surface area contributed by atoms with E-state index in [0.29, 0.717) is 28.6 Å². The maximum atomic E-state index is 6.61. The largest absolute Gasteiger partial charge is 0.452 e. The molecule has 186 valence electrons. The quantitative estimate of drug-likeness (QED) is 0.266. The molecule has 36 heavy (non-hydrogen) atoms. The second kappa shape index (κ2) is 11.3. The van der Waals surface area contributed by atoms with Gasteiger partial charge in [0.1, 0.15) is 0 Å². The molecule has 3 atom stereocenters. The molecule has 2 heterocycles. The van der Waals surface area contributed by atoms with Crippen molar-refractivity contribution in [2.75, 3.05) is 5.32 Å². The predicted octanol–water partition coefficient (Wildman–Crippen LogP) is 7.68. The van der Waals surface area contributed by atoms with Crippen molar-refractivity contribution in [3.8, 4) is 17.1 Å². The van der Waals surface area contributed by atoms with Gasteiger partial charge in [0.05, 0.1) is 0 Å². The van der Waals surface area contributed by atoms with Crippen molar-refractivity contribution in [3.05, 3.63) is 83.5 Å². The number of fused-ring (bicyclic) bond motifs is 3. The Labute approximate surface area is 218 Å². The minimum Gasteiger partial charge on any atom is -0.452 e. The minimum absolute atomic E-state index is 0.179. The van der Waals surface area contributed by atoms with Crippen LogP contribution in [0, 0.1) is 11.8 Å². The normalized spacial score (nSPS) is 20.6. The third-order valence-electron chi connectivity index (χ3n) is 6.97. The van der Waals surface area contributed by atoms with Gasteiger partial charge in [-0.05, 0) is 57.1 Å². The lowest BCUT2D eigenvalue weighted by Gasteiger charge is -2.35. The van der Waals surface area contributed by atoms with Gasteiger partial charge in [-0.1, -0.05) is 90.5 Å². The molecule has 2 aliphatic rings. The third-order valence-corrected chi connectivity index (χ3v) is 7.87. The fourth-order valence-corrected chi connectivity index (χ4v) is 5.74. The van der Waals surface area contributed by atoms with E-state index in [4.69, 9.17) is 9.72 Å². The second-order valence-electron chi connectivity index (χ2n) is 10.0. The van der Waals surface area contributed by atoms with Gasteiger partial charge < -0.3 is 10.1 Å². The highest BCUT2D eigenvalue weighted by atomic mass is 32.2. The maximum absolute atomic E-state index is 6.61. The summed E-state index contributed by atoms with van der Waals surface area (Å²) in [6, 6.07) is 18.6. The van der Waals surface area contributed by atoms with Crippen LogP contribution in [0.3, 0.4) is 0 Å². The van der Waals surface area contributed by atoms with Gasteiger partial charge in [-0.15, -0.1) is 10.2 Å². The van der Waals surface area contributed by atoms with E-state index in [0.717, 1.165) is 42.7 Å². The smallest absolute Gasteiger partial charge is 0.247 e. The summed E-state index contributed by atoms with van der Waals surface area (Å²) in [5, 5.41) is 13.3. The van der Waals surface area contributed by atoms with Gasteiger partial charge in [-0.2, -0.15) is 4.98 Å². The van der Waals surface area contributed by atoms with E-state index in [1.807, 2.05) is 18.2 Å². The van der Waals surface area contributed by atoms with Crippen molar-refractivity contribution in [1.82, 2.24) is 15.2 Å². The van der Waals surface area contributed by atoms with E-state index in [-0.39, 0.29) is 6.23 Å². The van der Waals surface area contributed by atoms with Crippen LogP contribution in [-0.2, 0) is 5.75 Å². The van der Waals surface area contributed by atoms with Crippen LogP contribution in [0.4, 0.5) is 5.69 Å². The summed E-state index contributed by atoms with van der Waals surface area (Å²) < 4.78 is 6.61. The molecule has 0 unspecified atom stereocenters.